The molecule has 1 N–H and O–H groups in total. The number of nitrogens with zero attached hydrogens (tertiary/aromatic N) is 1. The number of nitrogens with one attached hydrogen (secondary N) is 1. The molecule has 2 aliphatic rings. The van der Waals surface area contributed by atoms with Gasteiger partial charge in [-0.05, 0) is 50.6 Å². The van der Waals surface area contributed by atoms with Gasteiger partial charge in [-0.25, -0.2) is 0 Å². The van der Waals surface area contributed by atoms with Crippen LogP contribution < -0.4 is 5.32 Å². The van der Waals surface area contributed by atoms with E-state index in [9.17, 15) is 0 Å². The van der Waals surface area contributed by atoms with Gasteiger partial charge in [-0.1, -0.05) is 26.7 Å². The third-order valence-corrected chi connectivity index (χ3v) is 4.60. The molecule has 0 amide bonds. The topological polar surface area (TPSA) is 15.3 Å². The minimum Gasteiger partial charge on any atom is -0.315 e. The van der Waals surface area contributed by atoms with Crippen molar-refractivity contribution in [3.05, 3.63) is 0 Å². The van der Waals surface area contributed by atoms with Crippen LogP contribution in [0.2, 0.25) is 0 Å². The van der Waals surface area contributed by atoms with E-state index in [0.29, 0.717) is 0 Å². The van der Waals surface area contributed by atoms with Gasteiger partial charge in [0.15, 0.2) is 0 Å². The second-order valence-electron chi connectivity index (χ2n) is 6.28. The van der Waals surface area contributed by atoms with E-state index < -0.39 is 0 Å². The van der Waals surface area contributed by atoms with Crippen LogP contribution in [0.5, 0.6) is 0 Å². The summed E-state index contributed by atoms with van der Waals surface area (Å²) in [6, 6.07) is 0.826. The molecular formula is C15H30N2. The van der Waals surface area contributed by atoms with Crippen LogP contribution in [0.25, 0.3) is 0 Å². The molecule has 2 heteroatoms. The lowest BCUT2D eigenvalue weighted by Crippen LogP contribution is -2.41. The third-order valence-electron chi connectivity index (χ3n) is 4.60. The lowest BCUT2D eigenvalue weighted by molar-refractivity contribution is 0.143. The fraction of sp³-hybridized carbons (Fsp3) is 1.00. The third kappa shape index (κ3) is 3.96. The fourth-order valence-electron chi connectivity index (χ4n) is 3.72. The van der Waals surface area contributed by atoms with E-state index in [1.807, 2.05) is 0 Å². The zero-order valence-corrected chi connectivity index (χ0v) is 11.8. The molecule has 2 nitrogen and oxygen atoms in total. The lowest BCUT2D eigenvalue weighted by Gasteiger charge is -2.35. The first-order chi connectivity index (χ1) is 8.29. The van der Waals surface area contributed by atoms with Gasteiger partial charge in [-0.3, -0.25) is 4.90 Å². The molecule has 1 aliphatic heterocycles. The molecule has 3 atom stereocenters. The highest BCUT2D eigenvalue weighted by atomic mass is 15.2. The van der Waals surface area contributed by atoms with Crippen molar-refractivity contribution in [1.82, 2.24) is 10.2 Å². The molecular weight excluding hydrogens is 208 g/mol. The molecule has 0 aromatic heterocycles. The van der Waals surface area contributed by atoms with Crippen LogP contribution >= 0.6 is 0 Å². The molecule has 0 radical (unpaired) electrons. The predicted octanol–water partition coefficient (Wildman–Crippen LogP) is 2.89. The molecule has 0 aromatic carbocycles. The minimum absolute atomic E-state index is 0.826. The van der Waals surface area contributed by atoms with E-state index in [0.717, 1.165) is 17.9 Å². The largest absolute Gasteiger partial charge is 0.315 e. The van der Waals surface area contributed by atoms with Gasteiger partial charge < -0.3 is 5.32 Å². The number of rotatable bonds is 5. The molecule has 1 saturated heterocycles. The van der Waals surface area contributed by atoms with Gasteiger partial charge in [0.1, 0.15) is 0 Å². The van der Waals surface area contributed by atoms with Crippen molar-refractivity contribution in [2.24, 2.45) is 11.8 Å². The Morgan fingerprint density at radius 1 is 1.24 bits per heavy atom. The normalized spacial score (nSPS) is 34.4. The van der Waals surface area contributed by atoms with Gasteiger partial charge in [0, 0.05) is 19.1 Å². The highest BCUT2D eigenvalue weighted by Gasteiger charge is 2.26. The Hall–Kier alpha value is -0.0800. The summed E-state index contributed by atoms with van der Waals surface area (Å²) in [5.74, 6) is 1.95. The standard InChI is InChI=1S/C15H30N2/c1-3-9-17(15-7-8-16-11-15)12-14-6-4-5-13(2)10-14/h13-16H,3-12H2,1-2H3. The Morgan fingerprint density at radius 2 is 2.12 bits per heavy atom. The van der Waals surface area contributed by atoms with Crippen LogP contribution in [0.15, 0.2) is 0 Å². The van der Waals surface area contributed by atoms with Crippen molar-refractivity contribution in [3.8, 4) is 0 Å². The molecule has 1 saturated carbocycles. The van der Waals surface area contributed by atoms with Crippen LogP contribution in [-0.2, 0) is 0 Å². The maximum atomic E-state index is 3.52. The monoisotopic (exact) mass is 238 g/mol. The van der Waals surface area contributed by atoms with Gasteiger partial charge in [0.2, 0.25) is 0 Å². The first-order valence-corrected chi connectivity index (χ1v) is 7.74. The maximum Gasteiger partial charge on any atom is 0.0232 e. The van der Waals surface area contributed by atoms with Crippen LogP contribution in [0.1, 0.15) is 52.4 Å². The van der Waals surface area contributed by atoms with Crippen molar-refractivity contribution in [3.63, 3.8) is 0 Å². The van der Waals surface area contributed by atoms with Gasteiger partial charge in [0.05, 0.1) is 0 Å². The number of hydrogen-bond donors (Lipinski definition) is 1. The lowest BCUT2D eigenvalue weighted by atomic mass is 9.82. The Kier molecular flexibility index (Phi) is 5.30. The Balaban J connectivity index is 1.83. The quantitative estimate of drug-likeness (QED) is 0.792. The Bertz CT molecular complexity index is 211. The van der Waals surface area contributed by atoms with Crippen molar-refractivity contribution in [2.45, 2.75) is 58.4 Å². The van der Waals surface area contributed by atoms with E-state index in [4.69, 9.17) is 0 Å². The van der Waals surface area contributed by atoms with Gasteiger partial charge >= 0.3 is 0 Å². The molecule has 1 aliphatic carbocycles. The zero-order valence-electron chi connectivity index (χ0n) is 11.8. The second kappa shape index (κ2) is 6.75. The second-order valence-corrected chi connectivity index (χ2v) is 6.28. The van der Waals surface area contributed by atoms with Crippen LogP contribution in [0.3, 0.4) is 0 Å². The zero-order chi connectivity index (χ0) is 12.1. The molecule has 100 valence electrons. The van der Waals surface area contributed by atoms with E-state index >= 15 is 0 Å². The first-order valence-electron chi connectivity index (χ1n) is 7.74. The summed E-state index contributed by atoms with van der Waals surface area (Å²) in [7, 11) is 0. The first kappa shape index (κ1) is 13.4. The van der Waals surface area contributed by atoms with Gasteiger partial charge in [0.25, 0.3) is 0 Å². The van der Waals surface area contributed by atoms with Crippen LogP contribution in [0, 0.1) is 11.8 Å². The average molecular weight is 238 g/mol. The smallest absolute Gasteiger partial charge is 0.0232 e. The molecule has 2 fully saturated rings. The van der Waals surface area contributed by atoms with Crippen molar-refractivity contribution in [2.75, 3.05) is 26.2 Å². The van der Waals surface area contributed by atoms with Gasteiger partial charge in [-0.2, -0.15) is 0 Å². The minimum atomic E-state index is 0.826. The van der Waals surface area contributed by atoms with Gasteiger partial charge in [-0.15, -0.1) is 0 Å². The summed E-state index contributed by atoms with van der Waals surface area (Å²) >= 11 is 0. The van der Waals surface area contributed by atoms with E-state index in [-0.39, 0.29) is 0 Å². The van der Waals surface area contributed by atoms with E-state index in [2.05, 4.69) is 24.1 Å². The number of hydrogen-bond acceptors (Lipinski definition) is 2. The molecule has 0 bridgehead atoms. The molecule has 17 heavy (non-hydrogen) atoms. The predicted molar refractivity (Wildman–Crippen MR) is 74.3 cm³/mol. The SMILES string of the molecule is CCCN(CC1CCCC(C)C1)C1CCNC1. The summed E-state index contributed by atoms with van der Waals surface area (Å²) in [6.07, 6.45) is 8.55. The Morgan fingerprint density at radius 3 is 2.76 bits per heavy atom. The summed E-state index contributed by atoms with van der Waals surface area (Å²) in [5, 5.41) is 3.52. The molecule has 2 rings (SSSR count). The van der Waals surface area contributed by atoms with E-state index in [1.54, 1.807) is 0 Å². The van der Waals surface area contributed by atoms with Crippen molar-refractivity contribution in [1.29, 1.82) is 0 Å². The van der Waals surface area contributed by atoms with Crippen molar-refractivity contribution >= 4 is 0 Å². The molecule has 0 aromatic rings. The van der Waals surface area contributed by atoms with Crippen LogP contribution in [0.4, 0.5) is 0 Å². The maximum absolute atomic E-state index is 3.52. The fourth-order valence-corrected chi connectivity index (χ4v) is 3.72. The van der Waals surface area contributed by atoms with Crippen molar-refractivity contribution < 1.29 is 0 Å². The molecule has 0 spiro atoms. The highest BCUT2D eigenvalue weighted by molar-refractivity contribution is 4.83. The summed E-state index contributed by atoms with van der Waals surface area (Å²) in [6.45, 7) is 9.88. The Labute approximate surface area is 107 Å². The van der Waals surface area contributed by atoms with Crippen LogP contribution in [-0.4, -0.2) is 37.1 Å². The summed E-state index contributed by atoms with van der Waals surface area (Å²) in [4.78, 5) is 2.78. The average Bonchev–Trinajstić information content (AvgIpc) is 2.82. The molecule has 1 heterocycles. The molecule has 3 unspecified atom stereocenters. The summed E-state index contributed by atoms with van der Waals surface area (Å²) < 4.78 is 0. The van der Waals surface area contributed by atoms with E-state index in [1.165, 1.54) is 64.7 Å². The highest BCUT2D eigenvalue weighted by Crippen LogP contribution is 2.29. The summed E-state index contributed by atoms with van der Waals surface area (Å²) in [5.41, 5.74) is 0.